The minimum absolute atomic E-state index is 0.129. The number of amides is 2. The summed E-state index contributed by atoms with van der Waals surface area (Å²) in [5, 5.41) is 5.44. The van der Waals surface area contributed by atoms with Crippen molar-refractivity contribution in [2.75, 3.05) is 24.9 Å². The van der Waals surface area contributed by atoms with Gasteiger partial charge in [-0.2, -0.15) is 0 Å². The minimum Gasteiger partial charge on any atom is -0.497 e. The third-order valence-electron chi connectivity index (χ3n) is 3.32. The molecule has 0 radical (unpaired) electrons. The average molecular weight is 340 g/mol. The van der Waals surface area contributed by atoms with E-state index in [2.05, 4.69) is 10.6 Å². The molecule has 0 fully saturated rings. The van der Waals surface area contributed by atoms with Gasteiger partial charge in [-0.3, -0.25) is 9.59 Å². The van der Waals surface area contributed by atoms with Crippen LogP contribution in [-0.4, -0.2) is 26.0 Å². The highest BCUT2D eigenvalue weighted by Crippen LogP contribution is 2.29. The van der Waals surface area contributed by atoms with Gasteiger partial charge < -0.3 is 20.1 Å². The van der Waals surface area contributed by atoms with Crippen molar-refractivity contribution in [3.8, 4) is 11.5 Å². The summed E-state index contributed by atoms with van der Waals surface area (Å²) >= 11 is 0. The predicted molar refractivity (Wildman–Crippen MR) is 98.0 cm³/mol. The second-order valence-electron chi connectivity index (χ2n) is 5.19. The summed E-state index contributed by atoms with van der Waals surface area (Å²) in [4.78, 5) is 23.1. The fourth-order valence-electron chi connectivity index (χ4n) is 2.13. The molecule has 0 bridgehead atoms. The molecule has 130 valence electrons. The fraction of sp³-hybridized carbons (Fsp3) is 0.158. The number of carbonyl (C=O) groups is 2. The summed E-state index contributed by atoms with van der Waals surface area (Å²) in [7, 11) is 3.09. The smallest absolute Gasteiger partial charge is 0.248 e. The predicted octanol–water partition coefficient (Wildman–Crippen LogP) is 3.31. The van der Waals surface area contributed by atoms with Gasteiger partial charge in [0.2, 0.25) is 11.8 Å². The highest BCUT2D eigenvalue weighted by atomic mass is 16.5. The van der Waals surface area contributed by atoms with E-state index in [0.717, 1.165) is 5.56 Å². The van der Waals surface area contributed by atoms with Crippen molar-refractivity contribution in [3.63, 3.8) is 0 Å². The second kappa shape index (κ2) is 8.54. The first-order chi connectivity index (χ1) is 12.0. The lowest BCUT2D eigenvalue weighted by atomic mass is 10.2. The Morgan fingerprint density at radius 1 is 0.960 bits per heavy atom. The van der Waals surface area contributed by atoms with Crippen LogP contribution in [0.25, 0.3) is 6.08 Å². The van der Waals surface area contributed by atoms with E-state index in [-0.39, 0.29) is 11.8 Å². The Morgan fingerprint density at radius 3 is 2.28 bits per heavy atom. The van der Waals surface area contributed by atoms with Crippen LogP contribution in [0.4, 0.5) is 11.4 Å². The maximum atomic E-state index is 12.1. The summed E-state index contributed by atoms with van der Waals surface area (Å²) in [6, 6.07) is 12.3. The van der Waals surface area contributed by atoms with E-state index in [4.69, 9.17) is 9.47 Å². The lowest BCUT2D eigenvalue weighted by Gasteiger charge is -2.10. The molecule has 0 saturated carbocycles. The molecule has 0 saturated heterocycles. The molecule has 6 heteroatoms. The quantitative estimate of drug-likeness (QED) is 0.791. The van der Waals surface area contributed by atoms with Crippen molar-refractivity contribution in [1.82, 2.24) is 0 Å². The molecule has 2 aromatic rings. The van der Waals surface area contributed by atoms with Crippen molar-refractivity contribution >= 4 is 29.3 Å². The van der Waals surface area contributed by atoms with Gasteiger partial charge in [0.25, 0.3) is 0 Å². The Kier molecular flexibility index (Phi) is 6.17. The molecule has 6 nitrogen and oxygen atoms in total. The summed E-state index contributed by atoms with van der Waals surface area (Å²) in [5.74, 6) is 0.746. The molecule has 0 aromatic heterocycles. The van der Waals surface area contributed by atoms with Gasteiger partial charge in [-0.15, -0.1) is 0 Å². The molecule has 2 rings (SSSR count). The second-order valence-corrected chi connectivity index (χ2v) is 5.19. The van der Waals surface area contributed by atoms with E-state index in [1.165, 1.54) is 20.1 Å². The summed E-state index contributed by atoms with van der Waals surface area (Å²) in [6.07, 6.45) is 3.11. The number of ether oxygens (including phenoxy) is 2. The number of hydrogen-bond acceptors (Lipinski definition) is 4. The van der Waals surface area contributed by atoms with Crippen LogP contribution in [0.5, 0.6) is 11.5 Å². The molecule has 0 heterocycles. The van der Waals surface area contributed by atoms with E-state index in [9.17, 15) is 9.59 Å². The van der Waals surface area contributed by atoms with Crippen LogP contribution in [0.2, 0.25) is 0 Å². The van der Waals surface area contributed by atoms with Crippen LogP contribution in [0, 0.1) is 0 Å². The van der Waals surface area contributed by atoms with Crippen LogP contribution >= 0.6 is 0 Å². The van der Waals surface area contributed by atoms with Gasteiger partial charge in [0.1, 0.15) is 11.5 Å². The van der Waals surface area contributed by atoms with Gasteiger partial charge in [-0.25, -0.2) is 0 Å². The lowest BCUT2D eigenvalue weighted by molar-refractivity contribution is -0.114. The van der Waals surface area contributed by atoms with Gasteiger partial charge in [0, 0.05) is 24.8 Å². The summed E-state index contributed by atoms with van der Waals surface area (Å²) in [6.45, 7) is 1.45. The zero-order valence-corrected chi connectivity index (χ0v) is 14.3. The van der Waals surface area contributed by atoms with Gasteiger partial charge in [-0.05, 0) is 35.9 Å². The molecule has 2 aromatic carbocycles. The van der Waals surface area contributed by atoms with Gasteiger partial charge >= 0.3 is 0 Å². The zero-order valence-electron chi connectivity index (χ0n) is 14.3. The Hall–Kier alpha value is -3.28. The van der Waals surface area contributed by atoms with E-state index < -0.39 is 0 Å². The monoisotopic (exact) mass is 340 g/mol. The fourth-order valence-corrected chi connectivity index (χ4v) is 2.13. The van der Waals surface area contributed by atoms with Gasteiger partial charge in [0.15, 0.2) is 0 Å². The van der Waals surface area contributed by atoms with E-state index in [1.54, 1.807) is 43.5 Å². The molecular weight excluding hydrogens is 320 g/mol. The molecule has 0 aliphatic rings. The number of rotatable bonds is 6. The number of anilines is 2. The Labute approximate surface area is 146 Å². The molecule has 0 aliphatic carbocycles. The number of nitrogens with one attached hydrogen (secondary N) is 2. The van der Waals surface area contributed by atoms with Gasteiger partial charge in [0.05, 0.1) is 19.9 Å². The van der Waals surface area contributed by atoms with Crippen LogP contribution < -0.4 is 20.1 Å². The minimum atomic E-state index is -0.283. The number of carbonyl (C=O) groups excluding carboxylic acids is 2. The highest BCUT2D eigenvalue weighted by molar-refractivity contribution is 6.02. The standard InChI is InChI=1S/C19H20N2O4/c1-13(22)20-15-7-4-14(5-8-15)6-11-19(23)21-17-10-9-16(24-2)12-18(17)25-3/h4-12H,1-3H3,(H,20,22)(H,21,23)/b11-6+. The topological polar surface area (TPSA) is 76.7 Å². The van der Waals surface area contributed by atoms with E-state index in [0.29, 0.717) is 22.9 Å². The Bertz CT molecular complexity index is 783. The molecule has 2 amide bonds. The van der Waals surface area contributed by atoms with Crippen LogP contribution in [0.1, 0.15) is 12.5 Å². The molecular formula is C19H20N2O4. The van der Waals surface area contributed by atoms with E-state index in [1.807, 2.05) is 12.1 Å². The van der Waals surface area contributed by atoms with Crippen molar-refractivity contribution in [2.24, 2.45) is 0 Å². The van der Waals surface area contributed by atoms with Crippen LogP contribution in [-0.2, 0) is 9.59 Å². The van der Waals surface area contributed by atoms with Crippen molar-refractivity contribution in [2.45, 2.75) is 6.92 Å². The average Bonchev–Trinajstić information content (AvgIpc) is 2.61. The van der Waals surface area contributed by atoms with Crippen molar-refractivity contribution in [3.05, 3.63) is 54.1 Å². The van der Waals surface area contributed by atoms with Crippen LogP contribution in [0.3, 0.4) is 0 Å². The first-order valence-corrected chi connectivity index (χ1v) is 7.60. The van der Waals surface area contributed by atoms with Crippen molar-refractivity contribution < 1.29 is 19.1 Å². The molecule has 0 atom stereocenters. The largest absolute Gasteiger partial charge is 0.497 e. The lowest BCUT2D eigenvalue weighted by Crippen LogP contribution is -2.09. The number of hydrogen-bond donors (Lipinski definition) is 2. The SMILES string of the molecule is COc1ccc(NC(=O)/C=C/c2ccc(NC(C)=O)cc2)c(OC)c1. The highest BCUT2D eigenvalue weighted by Gasteiger charge is 2.07. The summed E-state index contributed by atoms with van der Waals surface area (Å²) in [5.41, 5.74) is 2.10. The number of benzene rings is 2. The third kappa shape index (κ3) is 5.39. The molecule has 0 spiro atoms. The van der Waals surface area contributed by atoms with Crippen molar-refractivity contribution in [1.29, 1.82) is 0 Å². The normalized spacial score (nSPS) is 10.4. The molecule has 2 N–H and O–H groups in total. The first-order valence-electron chi connectivity index (χ1n) is 7.60. The first kappa shape index (κ1) is 18.1. The summed E-state index contributed by atoms with van der Waals surface area (Å²) < 4.78 is 10.4. The Balaban J connectivity index is 2.02. The van der Waals surface area contributed by atoms with Crippen LogP contribution in [0.15, 0.2) is 48.5 Å². The Morgan fingerprint density at radius 2 is 1.68 bits per heavy atom. The van der Waals surface area contributed by atoms with Gasteiger partial charge in [-0.1, -0.05) is 12.1 Å². The van der Waals surface area contributed by atoms with E-state index >= 15 is 0 Å². The molecule has 0 aliphatic heterocycles. The third-order valence-corrected chi connectivity index (χ3v) is 3.32. The number of methoxy groups -OCH3 is 2. The molecule has 0 unspecified atom stereocenters. The maximum absolute atomic E-state index is 12.1. The zero-order chi connectivity index (χ0) is 18.2. The maximum Gasteiger partial charge on any atom is 0.248 e. The molecule has 25 heavy (non-hydrogen) atoms.